The van der Waals surface area contributed by atoms with Gasteiger partial charge in [-0.1, -0.05) is 30.3 Å². The first-order valence-corrected chi connectivity index (χ1v) is 7.86. The Hall–Kier alpha value is -3.60. The Kier molecular flexibility index (Phi) is 3.67. The molecule has 2 N–H and O–H groups in total. The van der Waals surface area contributed by atoms with E-state index in [1.54, 1.807) is 30.3 Å². The number of aromatic nitrogens is 2. The number of hydrogen-bond donors (Lipinski definition) is 2. The van der Waals surface area contributed by atoms with E-state index in [2.05, 4.69) is 10.3 Å². The molecule has 0 saturated heterocycles. The molecule has 25 heavy (non-hydrogen) atoms. The molecule has 0 unspecified atom stereocenters. The Bertz CT molecular complexity index is 1040. The van der Waals surface area contributed by atoms with Crippen LogP contribution in [0.25, 0.3) is 22.4 Å². The number of benzene rings is 3. The summed E-state index contributed by atoms with van der Waals surface area (Å²) in [5.74, 6) is 0.296. The standard InChI is InChI=1S/C20H15N3O2/c24-20(15-6-2-1-3-7-15)21-16-12-10-14(11-13-16)19-22-17-8-4-5-9-18(17)23(19)25/h1-13,25H,(H,21,24). The lowest BCUT2D eigenvalue weighted by Gasteiger charge is -2.06. The van der Waals surface area contributed by atoms with Crippen molar-refractivity contribution in [2.45, 2.75) is 0 Å². The summed E-state index contributed by atoms with van der Waals surface area (Å²) in [7, 11) is 0. The first kappa shape index (κ1) is 15.0. The number of nitrogens with zero attached hydrogens (tertiary/aromatic N) is 2. The van der Waals surface area contributed by atoms with Crippen LogP contribution in [0.15, 0.2) is 78.9 Å². The molecule has 0 saturated carbocycles. The van der Waals surface area contributed by atoms with Crippen molar-refractivity contribution in [2.24, 2.45) is 0 Å². The van der Waals surface area contributed by atoms with Gasteiger partial charge in [-0.15, -0.1) is 0 Å². The zero-order valence-corrected chi connectivity index (χ0v) is 13.3. The molecule has 3 aromatic carbocycles. The van der Waals surface area contributed by atoms with Crippen molar-refractivity contribution in [3.63, 3.8) is 0 Å². The van der Waals surface area contributed by atoms with Gasteiger partial charge in [-0.3, -0.25) is 4.79 Å². The van der Waals surface area contributed by atoms with Crippen LogP contribution in [0.2, 0.25) is 0 Å². The lowest BCUT2D eigenvalue weighted by Crippen LogP contribution is -2.11. The highest BCUT2D eigenvalue weighted by Crippen LogP contribution is 2.24. The minimum absolute atomic E-state index is 0.164. The fourth-order valence-electron chi connectivity index (χ4n) is 2.70. The highest BCUT2D eigenvalue weighted by Gasteiger charge is 2.12. The van der Waals surface area contributed by atoms with Crippen molar-refractivity contribution in [1.29, 1.82) is 0 Å². The lowest BCUT2D eigenvalue weighted by atomic mass is 10.1. The number of carbonyl (C=O) groups is 1. The largest absolute Gasteiger partial charge is 0.426 e. The van der Waals surface area contributed by atoms with Crippen LogP contribution in [0, 0.1) is 0 Å². The molecule has 0 aliphatic heterocycles. The van der Waals surface area contributed by atoms with Gasteiger partial charge < -0.3 is 10.5 Å². The van der Waals surface area contributed by atoms with E-state index >= 15 is 0 Å². The zero-order chi connectivity index (χ0) is 17.2. The average Bonchev–Trinajstić information content (AvgIpc) is 3.00. The van der Waals surface area contributed by atoms with Gasteiger partial charge in [0.15, 0.2) is 5.82 Å². The third-order valence-electron chi connectivity index (χ3n) is 3.97. The molecule has 122 valence electrons. The second kappa shape index (κ2) is 6.13. The number of nitrogens with one attached hydrogen (secondary N) is 1. The number of hydrogen-bond acceptors (Lipinski definition) is 3. The number of imidazole rings is 1. The SMILES string of the molecule is O=C(Nc1ccc(-c2nc3ccccc3n2O)cc1)c1ccccc1. The van der Waals surface area contributed by atoms with Crippen LogP contribution in [0.1, 0.15) is 10.4 Å². The van der Waals surface area contributed by atoms with Gasteiger partial charge in [0, 0.05) is 16.8 Å². The van der Waals surface area contributed by atoms with Crippen LogP contribution in [0.4, 0.5) is 5.69 Å². The minimum Gasteiger partial charge on any atom is -0.426 e. The number of carbonyl (C=O) groups excluding carboxylic acids is 1. The molecule has 0 radical (unpaired) electrons. The van der Waals surface area contributed by atoms with Gasteiger partial charge in [-0.05, 0) is 48.5 Å². The minimum atomic E-state index is -0.164. The van der Waals surface area contributed by atoms with E-state index in [0.717, 1.165) is 15.8 Å². The molecule has 0 fully saturated rings. The summed E-state index contributed by atoms with van der Waals surface area (Å²) in [6, 6.07) is 23.6. The van der Waals surface area contributed by atoms with E-state index in [9.17, 15) is 10.0 Å². The third-order valence-corrected chi connectivity index (χ3v) is 3.97. The first-order valence-electron chi connectivity index (χ1n) is 7.86. The summed E-state index contributed by atoms with van der Waals surface area (Å²) in [6.07, 6.45) is 0. The second-order valence-electron chi connectivity index (χ2n) is 5.63. The van der Waals surface area contributed by atoms with E-state index < -0.39 is 0 Å². The third kappa shape index (κ3) is 2.83. The van der Waals surface area contributed by atoms with Crippen molar-refractivity contribution in [2.75, 3.05) is 5.32 Å². The first-order chi connectivity index (χ1) is 12.2. The Morgan fingerprint density at radius 3 is 2.28 bits per heavy atom. The van der Waals surface area contributed by atoms with E-state index in [1.807, 2.05) is 48.5 Å². The maximum atomic E-state index is 12.2. The monoisotopic (exact) mass is 329 g/mol. The van der Waals surface area contributed by atoms with E-state index in [0.29, 0.717) is 22.6 Å². The van der Waals surface area contributed by atoms with Gasteiger partial charge in [0.1, 0.15) is 5.52 Å². The molecule has 1 heterocycles. The normalized spacial score (nSPS) is 10.7. The lowest BCUT2D eigenvalue weighted by molar-refractivity contribution is 0.102. The van der Waals surface area contributed by atoms with Gasteiger partial charge in [0.05, 0.1) is 5.52 Å². The highest BCUT2D eigenvalue weighted by molar-refractivity contribution is 6.04. The van der Waals surface area contributed by atoms with Crippen LogP contribution < -0.4 is 5.32 Å². The number of anilines is 1. The summed E-state index contributed by atoms with van der Waals surface area (Å²) >= 11 is 0. The summed E-state index contributed by atoms with van der Waals surface area (Å²) < 4.78 is 1.08. The van der Waals surface area contributed by atoms with Crippen molar-refractivity contribution in [3.05, 3.63) is 84.4 Å². The Morgan fingerprint density at radius 1 is 0.880 bits per heavy atom. The van der Waals surface area contributed by atoms with Gasteiger partial charge in [-0.25, -0.2) is 4.98 Å². The van der Waals surface area contributed by atoms with E-state index in [1.165, 1.54) is 0 Å². The van der Waals surface area contributed by atoms with Gasteiger partial charge in [-0.2, -0.15) is 4.73 Å². The summed E-state index contributed by atoms with van der Waals surface area (Å²) in [5.41, 5.74) is 3.42. The van der Waals surface area contributed by atoms with Crippen molar-refractivity contribution < 1.29 is 10.0 Å². The van der Waals surface area contributed by atoms with Crippen LogP contribution >= 0.6 is 0 Å². The Labute approximate surface area is 144 Å². The van der Waals surface area contributed by atoms with Crippen LogP contribution in [0.5, 0.6) is 0 Å². The molecule has 1 amide bonds. The molecule has 1 aromatic heterocycles. The summed E-state index contributed by atoms with van der Waals surface area (Å²) in [6.45, 7) is 0. The summed E-state index contributed by atoms with van der Waals surface area (Å²) in [5, 5.41) is 13.1. The van der Waals surface area contributed by atoms with Crippen LogP contribution in [0.3, 0.4) is 0 Å². The molecule has 4 aromatic rings. The molecule has 5 nitrogen and oxygen atoms in total. The fraction of sp³-hybridized carbons (Fsp3) is 0. The zero-order valence-electron chi connectivity index (χ0n) is 13.3. The number of fused-ring (bicyclic) bond motifs is 1. The molecule has 0 bridgehead atoms. The van der Waals surface area contributed by atoms with Crippen molar-refractivity contribution >= 4 is 22.6 Å². The predicted molar refractivity (Wildman–Crippen MR) is 96.7 cm³/mol. The van der Waals surface area contributed by atoms with Crippen LogP contribution in [-0.2, 0) is 0 Å². The number of rotatable bonds is 3. The Balaban J connectivity index is 1.59. The molecule has 0 spiro atoms. The number of para-hydroxylation sites is 2. The quantitative estimate of drug-likeness (QED) is 0.554. The summed E-state index contributed by atoms with van der Waals surface area (Å²) in [4.78, 5) is 16.6. The molecule has 0 aliphatic rings. The average molecular weight is 329 g/mol. The Morgan fingerprint density at radius 2 is 1.56 bits per heavy atom. The molecule has 0 atom stereocenters. The van der Waals surface area contributed by atoms with Gasteiger partial charge >= 0.3 is 0 Å². The molecule has 5 heteroatoms. The number of amides is 1. The predicted octanol–water partition coefficient (Wildman–Crippen LogP) is 4.19. The molecule has 4 rings (SSSR count). The maximum Gasteiger partial charge on any atom is 0.255 e. The van der Waals surface area contributed by atoms with Gasteiger partial charge in [0.2, 0.25) is 0 Å². The fourth-order valence-corrected chi connectivity index (χ4v) is 2.70. The molecular formula is C20H15N3O2. The highest BCUT2D eigenvalue weighted by atomic mass is 16.5. The van der Waals surface area contributed by atoms with Crippen molar-refractivity contribution in [1.82, 2.24) is 9.71 Å². The topological polar surface area (TPSA) is 67.2 Å². The van der Waals surface area contributed by atoms with E-state index in [4.69, 9.17) is 0 Å². The molecular weight excluding hydrogens is 314 g/mol. The second-order valence-corrected chi connectivity index (χ2v) is 5.63. The maximum absolute atomic E-state index is 12.2. The van der Waals surface area contributed by atoms with Crippen LogP contribution in [-0.4, -0.2) is 20.8 Å². The van der Waals surface area contributed by atoms with Crippen molar-refractivity contribution in [3.8, 4) is 11.4 Å². The van der Waals surface area contributed by atoms with Gasteiger partial charge in [0.25, 0.3) is 5.91 Å². The smallest absolute Gasteiger partial charge is 0.255 e. The van der Waals surface area contributed by atoms with E-state index in [-0.39, 0.29) is 5.91 Å². The molecule has 0 aliphatic carbocycles.